The van der Waals surface area contributed by atoms with Crippen molar-refractivity contribution in [3.05, 3.63) is 0 Å². The number of terminal acetylenes is 1. The second kappa shape index (κ2) is 7.98. The molecule has 0 N–H and O–H groups in total. The van der Waals surface area contributed by atoms with Gasteiger partial charge in [0.25, 0.3) is 0 Å². The molecule has 0 aromatic carbocycles. The molecule has 0 bridgehead atoms. The molecule has 138 valence electrons. The molecule has 1 rings (SSSR count). The van der Waals surface area contributed by atoms with E-state index in [2.05, 4.69) is 39.8 Å². The van der Waals surface area contributed by atoms with Crippen LogP contribution in [0.3, 0.4) is 0 Å². The van der Waals surface area contributed by atoms with Gasteiger partial charge >= 0.3 is 5.97 Å². The molecule has 7 heteroatoms. The lowest BCUT2D eigenvalue weighted by Gasteiger charge is -2.39. The molecule has 0 aromatic rings. The Kier molecular flexibility index (Phi) is 7.02. The van der Waals surface area contributed by atoms with Gasteiger partial charge in [-0.05, 0) is 18.1 Å². The monoisotopic (exact) mass is 358 g/mol. The summed E-state index contributed by atoms with van der Waals surface area (Å²) in [5.41, 5.74) is -1.10. The van der Waals surface area contributed by atoms with E-state index in [1.54, 1.807) is 0 Å². The minimum Gasteiger partial charge on any atom is -0.436 e. The highest BCUT2D eigenvalue weighted by Gasteiger charge is 2.52. The molecule has 0 amide bonds. The fourth-order valence-electron chi connectivity index (χ4n) is 2.13. The molecule has 1 heterocycles. The average molecular weight is 359 g/mol. The van der Waals surface area contributed by atoms with E-state index < -0.39 is 32.3 Å². The van der Waals surface area contributed by atoms with Gasteiger partial charge in [0.1, 0.15) is 12.9 Å². The normalized spacial score (nSPS) is 27.8. The molecule has 24 heavy (non-hydrogen) atoms. The van der Waals surface area contributed by atoms with Crippen molar-refractivity contribution in [3.63, 3.8) is 0 Å². The Labute approximate surface area is 146 Å². The van der Waals surface area contributed by atoms with Crippen LogP contribution < -0.4 is 0 Å². The highest BCUT2D eigenvalue weighted by Crippen LogP contribution is 2.40. The van der Waals surface area contributed by atoms with E-state index in [4.69, 9.17) is 29.8 Å². The molecule has 1 aliphatic heterocycles. The van der Waals surface area contributed by atoms with Crippen molar-refractivity contribution < 1.29 is 28.2 Å². The standard InChI is InChI=1S/C17H30O6Si/c1-9-17(11-21-24(7,8)16(3,4)5)14(20-12-19-6)10-15(23-17)22-13(2)18/h1,14-15H,10-12H2,2-8H3/t14-,15?,17+/m0/s1. The maximum absolute atomic E-state index is 11.2. The van der Waals surface area contributed by atoms with Crippen molar-refractivity contribution in [2.75, 3.05) is 20.5 Å². The number of rotatable bonds is 7. The summed E-state index contributed by atoms with van der Waals surface area (Å²) in [6, 6.07) is 0. The molecular weight excluding hydrogens is 328 g/mol. The number of carbonyl (C=O) groups excluding carboxylic acids is 1. The number of esters is 1. The fourth-order valence-corrected chi connectivity index (χ4v) is 3.14. The third-order valence-electron chi connectivity index (χ3n) is 4.65. The van der Waals surface area contributed by atoms with Crippen LogP contribution in [0.15, 0.2) is 0 Å². The Hall–Kier alpha value is -0.913. The summed E-state index contributed by atoms with van der Waals surface area (Å²) < 4.78 is 27.9. The first kappa shape index (κ1) is 21.1. The highest BCUT2D eigenvalue weighted by atomic mass is 28.4. The average Bonchev–Trinajstić information content (AvgIpc) is 2.79. The molecule has 0 spiro atoms. The Morgan fingerprint density at radius 3 is 2.50 bits per heavy atom. The van der Waals surface area contributed by atoms with Gasteiger partial charge in [-0.2, -0.15) is 0 Å². The summed E-state index contributed by atoms with van der Waals surface area (Å²) in [5, 5.41) is 0.0412. The van der Waals surface area contributed by atoms with Crippen LogP contribution >= 0.6 is 0 Å². The Morgan fingerprint density at radius 1 is 1.42 bits per heavy atom. The Bertz CT molecular complexity index is 478. The molecule has 1 unspecified atom stereocenters. The van der Waals surface area contributed by atoms with Gasteiger partial charge in [0.15, 0.2) is 13.9 Å². The van der Waals surface area contributed by atoms with Crippen LogP contribution in [0.2, 0.25) is 18.1 Å². The van der Waals surface area contributed by atoms with E-state index in [-0.39, 0.29) is 18.4 Å². The lowest BCUT2D eigenvalue weighted by atomic mass is 9.99. The largest absolute Gasteiger partial charge is 0.436 e. The predicted octanol–water partition coefficient (Wildman–Crippen LogP) is 2.68. The molecule has 0 aliphatic carbocycles. The van der Waals surface area contributed by atoms with Crippen LogP contribution in [0.4, 0.5) is 0 Å². The van der Waals surface area contributed by atoms with Crippen LogP contribution in [0.5, 0.6) is 0 Å². The third-order valence-corrected chi connectivity index (χ3v) is 9.13. The number of carbonyl (C=O) groups is 1. The van der Waals surface area contributed by atoms with E-state index in [9.17, 15) is 4.79 Å². The first-order valence-electron chi connectivity index (χ1n) is 8.05. The Morgan fingerprint density at radius 2 is 2.04 bits per heavy atom. The van der Waals surface area contributed by atoms with E-state index in [1.807, 2.05) is 0 Å². The molecule has 0 saturated carbocycles. The van der Waals surface area contributed by atoms with Crippen molar-refractivity contribution in [1.82, 2.24) is 0 Å². The van der Waals surface area contributed by atoms with Crippen molar-refractivity contribution >= 4 is 14.3 Å². The maximum atomic E-state index is 11.2. The van der Waals surface area contributed by atoms with Gasteiger partial charge in [-0.1, -0.05) is 26.7 Å². The lowest BCUT2D eigenvalue weighted by Crippen LogP contribution is -2.50. The third kappa shape index (κ3) is 5.04. The zero-order valence-electron chi connectivity index (χ0n) is 15.8. The molecule has 3 atom stereocenters. The first-order valence-corrected chi connectivity index (χ1v) is 11.0. The quantitative estimate of drug-likeness (QED) is 0.302. The number of ether oxygens (including phenoxy) is 4. The summed E-state index contributed by atoms with van der Waals surface area (Å²) >= 11 is 0. The van der Waals surface area contributed by atoms with Gasteiger partial charge < -0.3 is 23.4 Å². The van der Waals surface area contributed by atoms with Crippen molar-refractivity contribution in [2.45, 2.75) is 70.2 Å². The molecule has 1 saturated heterocycles. The van der Waals surface area contributed by atoms with E-state index in [0.717, 1.165) is 0 Å². The van der Waals surface area contributed by atoms with Crippen LogP contribution in [-0.2, 0) is 28.2 Å². The SMILES string of the molecule is C#C[C@]1(CO[Si](C)(C)C(C)(C)C)OC(OC(C)=O)C[C@@H]1OCOC. The minimum absolute atomic E-state index is 0.0412. The van der Waals surface area contributed by atoms with Crippen LogP contribution in [0.1, 0.15) is 34.1 Å². The summed E-state index contributed by atoms with van der Waals surface area (Å²) in [5.74, 6) is 2.24. The molecule has 0 aromatic heterocycles. The topological polar surface area (TPSA) is 63.2 Å². The predicted molar refractivity (Wildman–Crippen MR) is 92.7 cm³/mol. The minimum atomic E-state index is -2.02. The van der Waals surface area contributed by atoms with Crippen LogP contribution in [-0.4, -0.2) is 52.8 Å². The second-order valence-corrected chi connectivity index (χ2v) is 12.3. The summed E-state index contributed by atoms with van der Waals surface area (Å²) in [6.45, 7) is 12.3. The van der Waals surface area contributed by atoms with Gasteiger partial charge in [-0.25, -0.2) is 0 Å². The van der Waals surface area contributed by atoms with E-state index in [1.165, 1.54) is 14.0 Å². The van der Waals surface area contributed by atoms with Gasteiger partial charge in [0, 0.05) is 20.5 Å². The van der Waals surface area contributed by atoms with Crippen molar-refractivity contribution in [1.29, 1.82) is 0 Å². The van der Waals surface area contributed by atoms with Gasteiger partial charge in [-0.15, -0.1) is 6.42 Å². The van der Waals surface area contributed by atoms with Crippen LogP contribution in [0, 0.1) is 12.3 Å². The van der Waals surface area contributed by atoms with Gasteiger partial charge in [0.2, 0.25) is 6.29 Å². The Balaban J connectivity index is 2.93. The smallest absolute Gasteiger partial charge is 0.304 e. The summed E-state index contributed by atoms with van der Waals surface area (Å²) in [4.78, 5) is 11.2. The lowest BCUT2D eigenvalue weighted by molar-refractivity contribution is -0.187. The second-order valence-electron chi connectivity index (χ2n) is 7.54. The van der Waals surface area contributed by atoms with Crippen molar-refractivity contribution in [2.24, 2.45) is 0 Å². The summed E-state index contributed by atoms with van der Waals surface area (Å²) in [6.07, 6.45) is 4.88. The first-order chi connectivity index (χ1) is 11.0. The maximum Gasteiger partial charge on any atom is 0.304 e. The molecular formula is C17H30O6Si. The molecule has 0 radical (unpaired) electrons. The molecule has 6 nitrogen and oxygen atoms in total. The number of methoxy groups -OCH3 is 1. The molecule has 1 aliphatic rings. The zero-order chi connectivity index (χ0) is 18.6. The zero-order valence-corrected chi connectivity index (χ0v) is 16.8. The van der Waals surface area contributed by atoms with E-state index >= 15 is 0 Å². The highest BCUT2D eigenvalue weighted by molar-refractivity contribution is 6.74. The van der Waals surface area contributed by atoms with Crippen LogP contribution in [0.25, 0.3) is 0 Å². The molecule has 1 fully saturated rings. The van der Waals surface area contributed by atoms with Gasteiger partial charge in [-0.3, -0.25) is 4.79 Å². The van der Waals surface area contributed by atoms with Crippen molar-refractivity contribution in [3.8, 4) is 12.3 Å². The van der Waals surface area contributed by atoms with Gasteiger partial charge in [0.05, 0.1) is 6.61 Å². The number of hydrogen-bond donors (Lipinski definition) is 0. The fraction of sp³-hybridized carbons (Fsp3) is 0.824. The van der Waals surface area contributed by atoms with E-state index in [0.29, 0.717) is 6.42 Å². The number of hydrogen-bond acceptors (Lipinski definition) is 6. The summed E-state index contributed by atoms with van der Waals surface area (Å²) in [7, 11) is -0.490.